The second-order valence-electron chi connectivity index (χ2n) is 4.89. The van der Waals surface area contributed by atoms with Gasteiger partial charge in [-0.1, -0.05) is 60.7 Å². The van der Waals surface area contributed by atoms with Crippen molar-refractivity contribution in [3.63, 3.8) is 0 Å². The van der Waals surface area contributed by atoms with Crippen molar-refractivity contribution in [2.24, 2.45) is 0 Å². The molecule has 112 valence electrons. The van der Waals surface area contributed by atoms with E-state index in [1.807, 2.05) is 60.7 Å². The molecule has 1 amide bonds. The summed E-state index contributed by atoms with van der Waals surface area (Å²) in [6.07, 6.45) is 0. The molecular weight excluding hydrogens is 294 g/mol. The van der Waals surface area contributed by atoms with E-state index in [2.05, 4.69) is 5.32 Å². The number of rotatable bonds is 4. The van der Waals surface area contributed by atoms with Crippen LogP contribution in [0.15, 0.2) is 66.4 Å². The van der Waals surface area contributed by atoms with Crippen molar-refractivity contribution < 1.29 is 9.53 Å². The van der Waals surface area contributed by atoms with E-state index >= 15 is 0 Å². The molecule has 0 radical (unpaired) electrons. The van der Waals surface area contributed by atoms with Crippen molar-refractivity contribution in [2.75, 3.05) is 12.4 Å². The number of carbonyl (C=O) groups is 1. The van der Waals surface area contributed by atoms with Crippen LogP contribution in [0.25, 0.3) is 4.91 Å². The van der Waals surface area contributed by atoms with Gasteiger partial charge in [-0.2, -0.15) is 0 Å². The predicted octanol–water partition coefficient (Wildman–Crippen LogP) is 3.44. The van der Waals surface area contributed by atoms with Gasteiger partial charge in [-0.25, -0.2) is 0 Å². The zero-order chi connectivity index (χ0) is 15.2. The van der Waals surface area contributed by atoms with E-state index in [1.54, 1.807) is 11.8 Å². The zero-order valence-corrected chi connectivity index (χ0v) is 12.9. The van der Waals surface area contributed by atoms with Crippen LogP contribution in [0.3, 0.4) is 0 Å². The normalized spacial score (nSPS) is 14.4. The highest BCUT2D eigenvalue weighted by Gasteiger charge is 2.22. The van der Waals surface area contributed by atoms with Crippen LogP contribution in [0.1, 0.15) is 11.1 Å². The lowest BCUT2D eigenvalue weighted by molar-refractivity contribution is -0.120. The van der Waals surface area contributed by atoms with Crippen LogP contribution in [0.4, 0.5) is 0 Å². The van der Waals surface area contributed by atoms with Gasteiger partial charge in [0.05, 0.1) is 11.5 Å². The maximum atomic E-state index is 12.4. The first kappa shape index (κ1) is 14.7. The topological polar surface area (TPSA) is 38.3 Å². The van der Waals surface area contributed by atoms with Gasteiger partial charge in [0.2, 0.25) is 0 Å². The Hall–Kier alpha value is -2.20. The minimum atomic E-state index is -0.157. The summed E-state index contributed by atoms with van der Waals surface area (Å²) in [5.74, 6) is 1.13. The van der Waals surface area contributed by atoms with Crippen molar-refractivity contribution in [1.82, 2.24) is 5.32 Å². The van der Waals surface area contributed by atoms with Crippen LogP contribution in [-0.2, 0) is 16.1 Å². The average molecular weight is 311 g/mol. The van der Waals surface area contributed by atoms with Gasteiger partial charge in [-0.05, 0) is 11.1 Å². The SMILES string of the molecule is O=C(NCc1ccccc1)C1=C(c2ccccc2)SCCO1. The highest BCUT2D eigenvalue weighted by Crippen LogP contribution is 2.34. The summed E-state index contributed by atoms with van der Waals surface area (Å²) in [7, 11) is 0. The fraction of sp³-hybridized carbons (Fsp3) is 0.167. The third kappa shape index (κ3) is 3.52. The number of thioether (sulfide) groups is 1. The van der Waals surface area contributed by atoms with E-state index in [1.165, 1.54) is 0 Å². The lowest BCUT2D eigenvalue weighted by Crippen LogP contribution is -2.28. The van der Waals surface area contributed by atoms with Crippen LogP contribution in [0.2, 0.25) is 0 Å². The number of hydrogen-bond donors (Lipinski definition) is 1. The van der Waals surface area contributed by atoms with Crippen LogP contribution < -0.4 is 5.32 Å². The van der Waals surface area contributed by atoms with E-state index in [-0.39, 0.29) is 5.91 Å². The van der Waals surface area contributed by atoms with Gasteiger partial charge in [-0.3, -0.25) is 4.79 Å². The Morgan fingerprint density at radius 2 is 1.73 bits per heavy atom. The highest BCUT2D eigenvalue weighted by molar-refractivity contribution is 8.08. The molecule has 0 saturated heterocycles. The number of benzene rings is 2. The molecule has 1 heterocycles. The van der Waals surface area contributed by atoms with Crippen molar-refractivity contribution >= 4 is 22.6 Å². The number of carbonyl (C=O) groups excluding carboxylic acids is 1. The molecule has 0 aromatic heterocycles. The molecule has 0 spiro atoms. The fourth-order valence-electron chi connectivity index (χ4n) is 2.25. The van der Waals surface area contributed by atoms with Gasteiger partial charge in [0, 0.05) is 12.3 Å². The molecule has 0 fully saturated rings. The van der Waals surface area contributed by atoms with Crippen molar-refractivity contribution in [2.45, 2.75) is 6.54 Å². The summed E-state index contributed by atoms with van der Waals surface area (Å²) in [5, 5.41) is 2.93. The largest absolute Gasteiger partial charge is 0.486 e. The highest BCUT2D eigenvalue weighted by atomic mass is 32.2. The quantitative estimate of drug-likeness (QED) is 0.940. The first-order chi connectivity index (χ1) is 10.8. The molecule has 1 aliphatic heterocycles. The standard InChI is InChI=1S/C18H17NO2S/c20-18(19-13-14-7-3-1-4-8-14)16-17(22-12-11-21-16)15-9-5-2-6-10-15/h1-10H,11-13H2,(H,19,20). The summed E-state index contributed by atoms with van der Waals surface area (Å²) in [4.78, 5) is 13.4. The molecule has 3 nitrogen and oxygen atoms in total. The van der Waals surface area contributed by atoms with Gasteiger partial charge in [0.1, 0.15) is 0 Å². The molecule has 22 heavy (non-hydrogen) atoms. The molecule has 3 rings (SSSR count). The predicted molar refractivity (Wildman–Crippen MR) is 90.1 cm³/mol. The summed E-state index contributed by atoms with van der Waals surface area (Å²) in [6.45, 7) is 1.06. The van der Waals surface area contributed by atoms with Gasteiger partial charge in [0.25, 0.3) is 5.91 Å². The maximum absolute atomic E-state index is 12.4. The molecule has 0 unspecified atom stereocenters. The number of nitrogens with one attached hydrogen (secondary N) is 1. The van der Waals surface area contributed by atoms with Crippen molar-refractivity contribution in [1.29, 1.82) is 0 Å². The van der Waals surface area contributed by atoms with Crippen molar-refractivity contribution in [3.8, 4) is 0 Å². The first-order valence-electron chi connectivity index (χ1n) is 7.22. The second kappa shape index (κ2) is 7.18. The maximum Gasteiger partial charge on any atom is 0.287 e. The molecule has 1 aliphatic rings. The fourth-order valence-corrected chi connectivity index (χ4v) is 3.21. The van der Waals surface area contributed by atoms with Gasteiger partial charge < -0.3 is 10.1 Å². The smallest absolute Gasteiger partial charge is 0.287 e. The molecule has 2 aromatic rings. The van der Waals surface area contributed by atoms with E-state index in [0.717, 1.165) is 21.8 Å². The second-order valence-corrected chi connectivity index (χ2v) is 5.99. The van der Waals surface area contributed by atoms with E-state index in [9.17, 15) is 4.79 Å². The van der Waals surface area contributed by atoms with Crippen LogP contribution >= 0.6 is 11.8 Å². The lowest BCUT2D eigenvalue weighted by Gasteiger charge is -2.20. The van der Waals surface area contributed by atoms with Crippen LogP contribution in [-0.4, -0.2) is 18.3 Å². The van der Waals surface area contributed by atoms with E-state index in [4.69, 9.17) is 4.74 Å². The van der Waals surface area contributed by atoms with Crippen LogP contribution in [0, 0.1) is 0 Å². The summed E-state index contributed by atoms with van der Waals surface area (Å²) >= 11 is 1.67. The zero-order valence-electron chi connectivity index (χ0n) is 12.1. The van der Waals surface area contributed by atoms with Crippen molar-refractivity contribution in [3.05, 3.63) is 77.5 Å². The number of amides is 1. The molecule has 0 atom stereocenters. The third-order valence-electron chi connectivity index (χ3n) is 3.32. The molecule has 2 aromatic carbocycles. The molecule has 0 aliphatic carbocycles. The first-order valence-corrected chi connectivity index (χ1v) is 8.20. The van der Waals surface area contributed by atoms with E-state index < -0.39 is 0 Å². The third-order valence-corrected chi connectivity index (χ3v) is 4.40. The summed E-state index contributed by atoms with van der Waals surface area (Å²) < 4.78 is 5.64. The van der Waals surface area contributed by atoms with Gasteiger partial charge in [-0.15, -0.1) is 11.8 Å². The summed E-state index contributed by atoms with van der Waals surface area (Å²) in [5.41, 5.74) is 2.10. The Morgan fingerprint density at radius 1 is 1.05 bits per heavy atom. The minimum absolute atomic E-state index is 0.157. The Morgan fingerprint density at radius 3 is 2.45 bits per heavy atom. The molecular formula is C18H17NO2S. The lowest BCUT2D eigenvalue weighted by atomic mass is 10.2. The Balaban J connectivity index is 1.78. The molecule has 1 N–H and O–H groups in total. The molecule has 0 bridgehead atoms. The van der Waals surface area contributed by atoms with Gasteiger partial charge >= 0.3 is 0 Å². The Bertz CT molecular complexity index is 668. The average Bonchev–Trinajstić information content (AvgIpc) is 2.61. The Labute approximate surface area is 134 Å². The summed E-state index contributed by atoms with van der Waals surface area (Å²) in [6, 6.07) is 19.8. The molecule has 4 heteroatoms. The Kier molecular flexibility index (Phi) is 4.81. The minimum Gasteiger partial charge on any atom is -0.486 e. The number of hydrogen-bond acceptors (Lipinski definition) is 3. The molecule has 0 saturated carbocycles. The van der Waals surface area contributed by atoms with Gasteiger partial charge in [0.15, 0.2) is 5.76 Å². The van der Waals surface area contributed by atoms with E-state index in [0.29, 0.717) is 18.9 Å². The number of ether oxygens (including phenoxy) is 1. The monoisotopic (exact) mass is 311 g/mol. The van der Waals surface area contributed by atoms with Crippen LogP contribution in [0.5, 0.6) is 0 Å².